The number of nitriles is 1. The van der Waals surface area contributed by atoms with Crippen LogP contribution < -0.4 is 5.32 Å². The van der Waals surface area contributed by atoms with Crippen molar-refractivity contribution in [1.82, 2.24) is 14.5 Å². The molecule has 1 N–H and O–H groups in total. The van der Waals surface area contributed by atoms with E-state index in [-0.39, 0.29) is 0 Å². The van der Waals surface area contributed by atoms with E-state index in [4.69, 9.17) is 16.6 Å². The minimum Gasteiger partial charge on any atom is -0.363 e. The van der Waals surface area contributed by atoms with E-state index in [1.807, 2.05) is 13.1 Å². The second kappa shape index (κ2) is 6.32. The number of anilines is 1. The van der Waals surface area contributed by atoms with Crippen LogP contribution in [0.1, 0.15) is 17.0 Å². The molecule has 2 heterocycles. The van der Waals surface area contributed by atoms with E-state index < -0.39 is 0 Å². The molecule has 0 radical (unpaired) electrons. The summed E-state index contributed by atoms with van der Waals surface area (Å²) in [7, 11) is 2.00. The van der Waals surface area contributed by atoms with Gasteiger partial charge in [-0.05, 0) is 48.9 Å². The van der Waals surface area contributed by atoms with Crippen LogP contribution in [0.25, 0.3) is 21.9 Å². The molecule has 0 aliphatic heterocycles. The van der Waals surface area contributed by atoms with Gasteiger partial charge in [0.25, 0.3) is 0 Å². The minimum atomic E-state index is 0.515. The van der Waals surface area contributed by atoms with Gasteiger partial charge in [0, 0.05) is 17.5 Å². The van der Waals surface area contributed by atoms with E-state index in [1.54, 1.807) is 18.2 Å². The third-order valence-electron chi connectivity index (χ3n) is 4.45. The Bertz CT molecular complexity index is 1190. The molecule has 0 fully saturated rings. The zero-order valence-electron chi connectivity index (χ0n) is 14.4. The first-order valence-electron chi connectivity index (χ1n) is 8.21. The maximum Gasteiger partial charge on any atom is 0.129 e. The Morgan fingerprint density at radius 3 is 2.77 bits per heavy atom. The van der Waals surface area contributed by atoms with Crippen molar-refractivity contribution < 1.29 is 0 Å². The molecule has 0 amide bonds. The summed E-state index contributed by atoms with van der Waals surface area (Å²) >= 11 is 6.03. The molecule has 26 heavy (non-hydrogen) atoms. The largest absolute Gasteiger partial charge is 0.363 e. The Morgan fingerprint density at radius 1 is 1.12 bits per heavy atom. The first-order chi connectivity index (χ1) is 12.5. The lowest BCUT2D eigenvalue weighted by atomic mass is 10.1. The Morgan fingerprint density at radius 2 is 1.96 bits per heavy atom. The van der Waals surface area contributed by atoms with Gasteiger partial charge in [0.15, 0.2) is 0 Å². The summed E-state index contributed by atoms with van der Waals surface area (Å²) in [4.78, 5) is 9.27. The number of aryl methyl sites for hydroxylation is 2. The van der Waals surface area contributed by atoms with Crippen molar-refractivity contribution in [2.75, 3.05) is 5.32 Å². The monoisotopic (exact) mass is 361 g/mol. The molecule has 0 saturated carbocycles. The Balaban J connectivity index is 1.67. The molecule has 4 aromatic rings. The molecule has 2 aromatic heterocycles. The number of imidazole rings is 1. The van der Waals surface area contributed by atoms with Gasteiger partial charge in [0.1, 0.15) is 11.6 Å². The van der Waals surface area contributed by atoms with E-state index in [1.165, 1.54) is 5.56 Å². The van der Waals surface area contributed by atoms with Crippen LogP contribution in [0.4, 0.5) is 5.82 Å². The summed E-state index contributed by atoms with van der Waals surface area (Å²) in [6.45, 7) is 2.57. The molecule has 0 spiro atoms. The van der Waals surface area contributed by atoms with Gasteiger partial charge in [-0.2, -0.15) is 5.26 Å². The molecule has 6 heteroatoms. The lowest BCUT2D eigenvalue weighted by Gasteiger charge is -2.08. The van der Waals surface area contributed by atoms with Gasteiger partial charge in [-0.15, -0.1) is 0 Å². The highest BCUT2D eigenvalue weighted by molar-refractivity contribution is 6.31. The van der Waals surface area contributed by atoms with Crippen LogP contribution in [0.2, 0.25) is 5.02 Å². The molecular weight excluding hydrogens is 346 g/mol. The minimum absolute atomic E-state index is 0.515. The predicted molar refractivity (Wildman–Crippen MR) is 104 cm³/mol. The highest BCUT2D eigenvalue weighted by atomic mass is 35.5. The van der Waals surface area contributed by atoms with Crippen LogP contribution in [0, 0.1) is 18.3 Å². The number of fused-ring (bicyclic) bond motifs is 2. The van der Waals surface area contributed by atoms with Crippen LogP contribution >= 0.6 is 11.6 Å². The molecular formula is C20H16ClN5. The normalized spacial score (nSPS) is 11.0. The zero-order valence-corrected chi connectivity index (χ0v) is 15.2. The summed E-state index contributed by atoms with van der Waals surface area (Å²) in [5.74, 6) is 1.54. The molecule has 2 aromatic carbocycles. The number of benzene rings is 2. The van der Waals surface area contributed by atoms with Crippen LogP contribution in [0.3, 0.4) is 0 Å². The summed E-state index contributed by atoms with van der Waals surface area (Å²) in [5, 5.41) is 14.1. The molecule has 0 saturated heterocycles. The van der Waals surface area contributed by atoms with Gasteiger partial charge >= 0.3 is 0 Å². The van der Waals surface area contributed by atoms with Crippen LogP contribution in [-0.4, -0.2) is 14.5 Å². The topological polar surface area (TPSA) is 66.5 Å². The molecule has 128 valence electrons. The zero-order chi connectivity index (χ0) is 18.3. The van der Waals surface area contributed by atoms with E-state index in [0.717, 1.165) is 27.8 Å². The lowest BCUT2D eigenvalue weighted by molar-refractivity contribution is 0.832. The van der Waals surface area contributed by atoms with E-state index in [2.05, 4.69) is 46.1 Å². The SMILES string of the molecule is Cc1ccc2c(c1)nc(CNc1cc(C#N)c3cc(Cl)ccc3n1)n2C. The summed E-state index contributed by atoms with van der Waals surface area (Å²) < 4.78 is 2.06. The van der Waals surface area contributed by atoms with Crippen molar-refractivity contribution in [2.24, 2.45) is 7.05 Å². The Hall–Kier alpha value is -3.10. The van der Waals surface area contributed by atoms with Gasteiger partial charge in [0.2, 0.25) is 0 Å². The molecule has 0 atom stereocenters. The average molecular weight is 362 g/mol. The first-order valence-corrected chi connectivity index (χ1v) is 8.59. The van der Waals surface area contributed by atoms with Crippen molar-refractivity contribution in [2.45, 2.75) is 13.5 Å². The highest BCUT2D eigenvalue weighted by Gasteiger charge is 2.10. The molecule has 4 rings (SSSR count). The van der Waals surface area contributed by atoms with Gasteiger partial charge in [0.05, 0.1) is 34.7 Å². The van der Waals surface area contributed by atoms with Crippen LogP contribution in [0.15, 0.2) is 42.5 Å². The predicted octanol–water partition coefficient (Wildman–Crippen LogP) is 4.57. The van der Waals surface area contributed by atoms with Gasteiger partial charge in [-0.1, -0.05) is 17.7 Å². The van der Waals surface area contributed by atoms with Crippen molar-refractivity contribution in [3.63, 3.8) is 0 Å². The van der Waals surface area contributed by atoms with Gasteiger partial charge in [-0.3, -0.25) is 0 Å². The van der Waals surface area contributed by atoms with Crippen LogP contribution in [-0.2, 0) is 13.6 Å². The van der Waals surface area contributed by atoms with Crippen molar-refractivity contribution in [3.05, 3.63) is 64.4 Å². The van der Waals surface area contributed by atoms with Gasteiger partial charge < -0.3 is 9.88 Å². The summed E-state index contributed by atoms with van der Waals surface area (Å²) in [6.07, 6.45) is 0. The second-order valence-electron chi connectivity index (χ2n) is 6.26. The van der Waals surface area contributed by atoms with Crippen LogP contribution in [0.5, 0.6) is 0 Å². The van der Waals surface area contributed by atoms with Crippen molar-refractivity contribution in [1.29, 1.82) is 5.26 Å². The summed E-state index contributed by atoms with van der Waals surface area (Å²) in [6, 6.07) is 15.5. The number of rotatable bonds is 3. The number of nitrogens with zero attached hydrogens (tertiary/aromatic N) is 4. The fraction of sp³-hybridized carbons (Fsp3) is 0.150. The number of hydrogen-bond acceptors (Lipinski definition) is 4. The van der Waals surface area contributed by atoms with Crippen molar-refractivity contribution >= 4 is 39.4 Å². The smallest absolute Gasteiger partial charge is 0.129 e. The quantitative estimate of drug-likeness (QED) is 0.580. The lowest BCUT2D eigenvalue weighted by Crippen LogP contribution is -2.07. The Kier molecular flexibility index (Phi) is 3.98. The average Bonchev–Trinajstić information content (AvgIpc) is 2.94. The standard InChI is InChI=1S/C20H16ClN5/c1-12-3-6-18-17(7-12)25-20(26(18)2)11-23-19-8-13(10-22)15-9-14(21)4-5-16(15)24-19/h3-9H,11H2,1-2H3,(H,23,24). The number of hydrogen-bond donors (Lipinski definition) is 1. The molecule has 5 nitrogen and oxygen atoms in total. The molecule has 0 bridgehead atoms. The third kappa shape index (κ3) is 2.85. The maximum atomic E-state index is 9.44. The number of aromatic nitrogens is 3. The number of halogens is 1. The van der Waals surface area contributed by atoms with E-state index in [0.29, 0.717) is 22.9 Å². The summed E-state index contributed by atoms with van der Waals surface area (Å²) in [5.41, 5.74) is 4.52. The molecule has 0 aliphatic carbocycles. The fourth-order valence-corrected chi connectivity index (χ4v) is 3.24. The van der Waals surface area contributed by atoms with Crippen molar-refractivity contribution in [3.8, 4) is 6.07 Å². The maximum absolute atomic E-state index is 9.44. The Labute approximate surface area is 155 Å². The first kappa shape index (κ1) is 16.4. The number of nitrogens with one attached hydrogen (secondary N) is 1. The van der Waals surface area contributed by atoms with E-state index >= 15 is 0 Å². The third-order valence-corrected chi connectivity index (χ3v) is 4.68. The van der Waals surface area contributed by atoms with E-state index in [9.17, 15) is 5.26 Å². The fourth-order valence-electron chi connectivity index (χ4n) is 3.07. The highest BCUT2D eigenvalue weighted by Crippen LogP contribution is 2.24. The molecule has 0 unspecified atom stereocenters. The number of pyridine rings is 1. The molecule has 0 aliphatic rings. The van der Waals surface area contributed by atoms with Gasteiger partial charge in [-0.25, -0.2) is 9.97 Å². The second-order valence-corrected chi connectivity index (χ2v) is 6.70.